The number of benzene rings is 2. The number of amides is 1. The zero-order chi connectivity index (χ0) is 26.0. The number of carbonyl (C=O) groups excluding carboxylic acids is 1. The molecule has 0 atom stereocenters. The van der Waals surface area contributed by atoms with E-state index < -0.39 is 0 Å². The first-order chi connectivity index (χ1) is 17.3. The average Bonchev–Trinajstić information content (AvgIpc) is 3.21. The number of nitrogens with two attached hydrogens (primary N) is 2. The normalized spacial score (nSPS) is 10.6. The van der Waals surface area contributed by atoms with Crippen LogP contribution in [-0.4, -0.2) is 32.2 Å². The molecule has 0 saturated heterocycles. The summed E-state index contributed by atoms with van der Waals surface area (Å²) in [5, 5.41) is 13.3. The minimum atomic E-state index is -0.344. The lowest BCUT2D eigenvalue weighted by atomic mass is 9.96. The van der Waals surface area contributed by atoms with Gasteiger partial charge in [0.2, 0.25) is 5.75 Å². The monoisotopic (exact) mass is 503 g/mol. The second-order valence-electron chi connectivity index (χ2n) is 7.97. The lowest BCUT2D eigenvalue weighted by Crippen LogP contribution is -2.22. The fraction of sp³-hybridized carbons (Fsp3) is 0.192. The molecule has 184 valence electrons. The summed E-state index contributed by atoms with van der Waals surface area (Å²) in [6.07, 6.45) is 0. The van der Waals surface area contributed by atoms with Crippen LogP contribution in [0, 0.1) is 18.3 Å². The fourth-order valence-corrected chi connectivity index (χ4v) is 4.96. The van der Waals surface area contributed by atoms with Crippen molar-refractivity contribution in [3.8, 4) is 34.4 Å². The van der Waals surface area contributed by atoms with E-state index in [1.807, 2.05) is 31.2 Å². The van der Waals surface area contributed by atoms with Crippen LogP contribution in [-0.2, 0) is 6.54 Å². The second-order valence-corrected chi connectivity index (χ2v) is 8.97. The van der Waals surface area contributed by atoms with Crippen LogP contribution in [0.15, 0.2) is 36.4 Å². The number of nitrogen functional groups attached to an aromatic ring is 2. The number of aryl methyl sites for hydroxylation is 1. The van der Waals surface area contributed by atoms with Crippen molar-refractivity contribution in [3.63, 3.8) is 0 Å². The Hall–Kier alpha value is -4.49. The molecule has 0 aliphatic carbocycles. The molecule has 0 bridgehead atoms. The molecule has 4 aromatic rings. The summed E-state index contributed by atoms with van der Waals surface area (Å²) in [5.74, 6) is 0.869. The third-order valence-corrected chi connectivity index (χ3v) is 6.85. The number of anilines is 2. The quantitative estimate of drug-likeness (QED) is 0.339. The van der Waals surface area contributed by atoms with E-state index in [0.717, 1.165) is 22.5 Å². The Kier molecular flexibility index (Phi) is 6.85. The van der Waals surface area contributed by atoms with Crippen LogP contribution in [0.4, 0.5) is 11.5 Å². The number of carbonyl (C=O) groups is 1. The zero-order valence-corrected chi connectivity index (χ0v) is 21.1. The van der Waals surface area contributed by atoms with Crippen LogP contribution in [0.1, 0.15) is 26.4 Å². The van der Waals surface area contributed by atoms with E-state index in [-0.39, 0.29) is 27.9 Å². The van der Waals surface area contributed by atoms with Gasteiger partial charge in [-0.05, 0) is 30.2 Å². The number of aromatic nitrogens is 1. The molecular formula is C26H25N5O4S. The molecule has 0 unspecified atom stereocenters. The topological polar surface area (TPSA) is 146 Å². The maximum atomic E-state index is 13.1. The van der Waals surface area contributed by atoms with Crippen LogP contribution >= 0.6 is 11.3 Å². The molecule has 0 aliphatic heterocycles. The highest BCUT2D eigenvalue weighted by atomic mass is 32.1. The van der Waals surface area contributed by atoms with Gasteiger partial charge in [0.25, 0.3) is 5.91 Å². The number of fused-ring (bicyclic) bond motifs is 1. The van der Waals surface area contributed by atoms with E-state index in [1.165, 1.54) is 21.3 Å². The zero-order valence-electron chi connectivity index (χ0n) is 20.3. The van der Waals surface area contributed by atoms with Crippen molar-refractivity contribution in [3.05, 3.63) is 58.0 Å². The van der Waals surface area contributed by atoms with Gasteiger partial charge in [-0.15, -0.1) is 11.3 Å². The molecule has 10 heteroatoms. The number of methoxy groups -OCH3 is 3. The van der Waals surface area contributed by atoms with Gasteiger partial charge in [-0.25, -0.2) is 4.98 Å². The third-order valence-electron chi connectivity index (χ3n) is 5.75. The molecule has 2 aromatic heterocycles. The van der Waals surface area contributed by atoms with Gasteiger partial charge in [0.1, 0.15) is 27.2 Å². The number of pyridine rings is 1. The molecule has 9 nitrogen and oxygen atoms in total. The summed E-state index contributed by atoms with van der Waals surface area (Å²) in [6, 6.07) is 13.4. The summed E-state index contributed by atoms with van der Waals surface area (Å²) in [5.41, 5.74) is 16.1. The predicted molar refractivity (Wildman–Crippen MR) is 141 cm³/mol. The van der Waals surface area contributed by atoms with Crippen molar-refractivity contribution < 1.29 is 19.0 Å². The Labute approximate surface area is 212 Å². The van der Waals surface area contributed by atoms with Crippen molar-refractivity contribution in [1.82, 2.24) is 10.3 Å². The van der Waals surface area contributed by atoms with Gasteiger partial charge in [0.05, 0.1) is 27.0 Å². The number of ether oxygens (including phenoxy) is 3. The van der Waals surface area contributed by atoms with Crippen molar-refractivity contribution >= 4 is 39.0 Å². The highest BCUT2D eigenvalue weighted by Gasteiger charge is 2.26. The van der Waals surface area contributed by atoms with Gasteiger partial charge in [-0.1, -0.05) is 29.8 Å². The number of nitriles is 1. The summed E-state index contributed by atoms with van der Waals surface area (Å²) < 4.78 is 16.4. The Balaban J connectivity index is 1.86. The Morgan fingerprint density at radius 3 is 2.28 bits per heavy atom. The summed E-state index contributed by atoms with van der Waals surface area (Å²) in [4.78, 5) is 18.2. The number of hydrogen-bond donors (Lipinski definition) is 3. The number of rotatable bonds is 7. The predicted octanol–water partition coefficient (Wildman–Crippen LogP) is 4.26. The van der Waals surface area contributed by atoms with Gasteiger partial charge in [0.15, 0.2) is 11.5 Å². The molecule has 0 spiro atoms. The van der Waals surface area contributed by atoms with Crippen LogP contribution in [0.25, 0.3) is 21.3 Å². The molecule has 1 amide bonds. The van der Waals surface area contributed by atoms with Gasteiger partial charge < -0.3 is 31.0 Å². The van der Waals surface area contributed by atoms with E-state index in [1.54, 1.807) is 12.1 Å². The average molecular weight is 504 g/mol. The first kappa shape index (κ1) is 24.6. The lowest BCUT2D eigenvalue weighted by Gasteiger charge is -2.16. The molecule has 36 heavy (non-hydrogen) atoms. The van der Waals surface area contributed by atoms with Crippen LogP contribution in [0.3, 0.4) is 0 Å². The molecule has 2 heterocycles. The van der Waals surface area contributed by atoms with E-state index in [2.05, 4.69) is 16.4 Å². The smallest absolute Gasteiger partial charge is 0.263 e. The molecule has 0 fully saturated rings. The third kappa shape index (κ3) is 4.32. The number of nitrogens with zero attached hydrogens (tertiary/aromatic N) is 2. The summed E-state index contributed by atoms with van der Waals surface area (Å²) in [7, 11) is 4.50. The molecular weight excluding hydrogens is 478 g/mol. The standard InChI is InChI=1S/C26H25N5O4S/c1-13-5-7-14(8-6-13)12-30-25(32)23-21(28)20-19(16(11-27)24(29)31-26(20)36-23)15-9-17(33-2)22(35-4)18(10-15)34-3/h5-10H,12,28H2,1-4H3,(H2,29,31)(H,30,32). The van der Waals surface area contributed by atoms with Crippen LogP contribution in [0.2, 0.25) is 0 Å². The van der Waals surface area contributed by atoms with Gasteiger partial charge >= 0.3 is 0 Å². The van der Waals surface area contributed by atoms with Crippen molar-refractivity contribution in [2.45, 2.75) is 13.5 Å². The lowest BCUT2D eigenvalue weighted by molar-refractivity contribution is 0.0956. The highest BCUT2D eigenvalue weighted by molar-refractivity contribution is 7.21. The molecule has 0 saturated carbocycles. The van der Waals surface area contributed by atoms with Crippen molar-refractivity contribution in [2.75, 3.05) is 32.8 Å². The summed E-state index contributed by atoms with van der Waals surface area (Å²) >= 11 is 1.11. The largest absolute Gasteiger partial charge is 0.493 e. The van der Waals surface area contributed by atoms with Crippen molar-refractivity contribution in [2.24, 2.45) is 0 Å². The minimum Gasteiger partial charge on any atom is -0.493 e. The Morgan fingerprint density at radius 1 is 1.08 bits per heavy atom. The van der Waals surface area contributed by atoms with E-state index in [9.17, 15) is 10.1 Å². The van der Waals surface area contributed by atoms with E-state index in [0.29, 0.717) is 45.1 Å². The fourth-order valence-electron chi connectivity index (χ4n) is 3.93. The Morgan fingerprint density at radius 2 is 1.72 bits per heavy atom. The first-order valence-electron chi connectivity index (χ1n) is 10.9. The molecule has 4 rings (SSSR count). The molecule has 2 aromatic carbocycles. The maximum absolute atomic E-state index is 13.1. The number of thiophene rings is 1. The minimum absolute atomic E-state index is 0.0293. The Bertz CT molecular complexity index is 1480. The van der Waals surface area contributed by atoms with Gasteiger partial charge in [0, 0.05) is 17.5 Å². The SMILES string of the molecule is COc1cc(-c2c(C#N)c(N)nc3sc(C(=O)NCc4ccc(C)cc4)c(N)c23)cc(OC)c1OC. The molecule has 0 radical (unpaired) electrons. The van der Waals surface area contributed by atoms with E-state index >= 15 is 0 Å². The second kappa shape index (κ2) is 10.0. The summed E-state index contributed by atoms with van der Waals surface area (Å²) in [6.45, 7) is 2.34. The highest BCUT2D eigenvalue weighted by Crippen LogP contribution is 2.47. The van der Waals surface area contributed by atoms with E-state index in [4.69, 9.17) is 25.7 Å². The van der Waals surface area contributed by atoms with Crippen molar-refractivity contribution in [1.29, 1.82) is 5.26 Å². The van der Waals surface area contributed by atoms with Crippen LogP contribution in [0.5, 0.6) is 17.2 Å². The molecule has 5 N–H and O–H groups in total. The first-order valence-corrected chi connectivity index (χ1v) is 11.7. The number of hydrogen-bond acceptors (Lipinski definition) is 9. The molecule has 0 aliphatic rings. The maximum Gasteiger partial charge on any atom is 0.263 e. The van der Waals surface area contributed by atoms with Gasteiger partial charge in [-0.2, -0.15) is 5.26 Å². The number of nitrogens with one attached hydrogen (secondary N) is 1. The van der Waals surface area contributed by atoms with Crippen LogP contribution < -0.4 is 31.0 Å². The van der Waals surface area contributed by atoms with Gasteiger partial charge in [-0.3, -0.25) is 4.79 Å².